The Morgan fingerprint density at radius 1 is 1.26 bits per heavy atom. The predicted molar refractivity (Wildman–Crippen MR) is 107 cm³/mol. The summed E-state index contributed by atoms with van der Waals surface area (Å²) in [6, 6.07) is 10.3. The zero-order chi connectivity index (χ0) is 19.1. The van der Waals surface area contributed by atoms with Crippen LogP contribution < -0.4 is 0 Å². The maximum Gasteiger partial charge on any atom is 0.118 e. The van der Waals surface area contributed by atoms with Crippen LogP contribution in [0.15, 0.2) is 43.0 Å². The van der Waals surface area contributed by atoms with Crippen LogP contribution in [-0.2, 0) is 25.6 Å². The summed E-state index contributed by atoms with van der Waals surface area (Å²) < 4.78 is 23.4. The maximum absolute atomic E-state index is 6.26. The van der Waals surface area contributed by atoms with Gasteiger partial charge in [0.2, 0.25) is 0 Å². The van der Waals surface area contributed by atoms with Crippen molar-refractivity contribution in [1.29, 1.82) is 0 Å². The first-order valence-electron chi connectivity index (χ1n) is 10.2. The Morgan fingerprint density at radius 3 is 2.70 bits per heavy atom. The molecular weight excluding hydrogens is 340 g/mol. The first-order valence-corrected chi connectivity index (χ1v) is 10.2. The second kappa shape index (κ2) is 9.83. The van der Waals surface area contributed by atoms with Crippen LogP contribution in [0.25, 0.3) is 0 Å². The van der Waals surface area contributed by atoms with Crippen LogP contribution in [0.1, 0.15) is 38.2 Å². The Balaban J connectivity index is 1.58. The summed E-state index contributed by atoms with van der Waals surface area (Å²) in [4.78, 5) is 0. The highest BCUT2D eigenvalue weighted by molar-refractivity contribution is 5.13. The largest absolute Gasteiger partial charge is 0.379 e. The molecule has 150 valence electrons. The minimum absolute atomic E-state index is 0.0286. The summed E-state index contributed by atoms with van der Waals surface area (Å²) in [5, 5.41) is 0. The van der Waals surface area contributed by atoms with E-state index in [0.717, 1.165) is 45.5 Å². The quantitative estimate of drug-likeness (QED) is 0.426. The molecule has 5 atom stereocenters. The van der Waals surface area contributed by atoms with Gasteiger partial charge in [0, 0.05) is 13.7 Å². The van der Waals surface area contributed by atoms with Crippen LogP contribution in [0.3, 0.4) is 0 Å². The van der Waals surface area contributed by atoms with Crippen LogP contribution in [0.4, 0.5) is 0 Å². The van der Waals surface area contributed by atoms with E-state index in [9.17, 15) is 0 Å². The Morgan fingerprint density at radius 2 is 2.04 bits per heavy atom. The summed E-state index contributed by atoms with van der Waals surface area (Å²) in [7, 11) is 1.76. The normalized spacial score (nSPS) is 27.9. The van der Waals surface area contributed by atoms with Gasteiger partial charge < -0.3 is 18.9 Å². The third kappa shape index (κ3) is 5.41. The van der Waals surface area contributed by atoms with Crippen LogP contribution >= 0.6 is 0 Å². The van der Waals surface area contributed by atoms with Crippen molar-refractivity contribution in [3.63, 3.8) is 0 Å². The first-order chi connectivity index (χ1) is 13.2. The summed E-state index contributed by atoms with van der Waals surface area (Å²) in [5.74, 6) is 1.11. The van der Waals surface area contributed by atoms with E-state index >= 15 is 0 Å². The van der Waals surface area contributed by atoms with Crippen LogP contribution in [-0.4, -0.2) is 44.7 Å². The molecule has 2 heterocycles. The molecule has 2 aliphatic rings. The minimum atomic E-state index is -0.0286. The van der Waals surface area contributed by atoms with Crippen LogP contribution in [0.2, 0.25) is 0 Å². The lowest BCUT2D eigenvalue weighted by molar-refractivity contribution is -0.0669. The molecule has 1 aromatic carbocycles. The molecule has 0 radical (unpaired) electrons. The molecule has 3 rings (SSSR count). The topological polar surface area (TPSA) is 40.2 Å². The molecule has 0 aliphatic carbocycles. The third-order valence-corrected chi connectivity index (χ3v) is 6.17. The molecule has 2 fully saturated rings. The van der Waals surface area contributed by atoms with Crippen molar-refractivity contribution < 1.29 is 18.9 Å². The van der Waals surface area contributed by atoms with Crippen molar-refractivity contribution in [1.82, 2.24) is 0 Å². The van der Waals surface area contributed by atoms with Gasteiger partial charge in [-0.15, -0.1) is 6.58 Å². The van der Waals surface area contributed by atoms with E-state index < -0.39 is 0 Å². The zero-order valence-corrected chi connectivity index (χ0v) is 16.8. The molecule has 1 spiro atoms. The molecule has 4 heteroatoms. The molecule has 0 saturated carbocycles. The van der Waals surface area contributed by atoms with Gasteiger partial charge in [-0.3, -0.25) is 0 Å². The maximum atomic E-state index is 6.26. The van der Waals surface area contributed by atoms with E-state index in [4.69, 9.17) is 18.9 Å². The molecule has 1 aromatic rings. The predicted octanol–water partition coefficient (Wildman–Crippen LogP) is 4.38. The fourth-order valence-corrected chi connectivity index (χ4v) is 4.34. The molecular formula is C23H34O4. The van der Waals surface area contributed by atoms with Crippen LogP contribution in [0.5, 0.6) is 0 Å². The Labute approximate surface area is 163 Å². The molecule has 2 aliphatic heterocycles. The average Bonchev–Trinajstić information content (AvgIpc) is 3.47. The molecule has 0 N–H and O–H groups in total. The van der Waals surface area contributed by atoms with E-state index in [-0.39, 0.29) is 17.8 Å². The molecule has 1 unspecified atom stereocenters. The third-order valence-electron chi connectivity index (χ3n) is 6.17. The second-order valence-corrected chi connectivity index (χ2v) is 7.94. The average molecular weight is 375 g/mol. The van der Waals surface area contributed by atoms with E-state index in [1.165, 1.54) is 5.56 Å². The van der Waals surface area contributed by atoms with Crippen molar-refractivity contribution in [2.24, 2.45) is 11.8 Å². The molecule has 0 amide bonds. The standard InChI is InChI=1S/C23H34O4/c1-4-8-20(21-13-14-25-16-23(21)17-27-23)11-12-22(18(2)24-3)26-15-19-9-6-5-7-10-19/h4-7,9-10,18,20-22H,1,8,11-17H2,2-3H3/t18-,20+,21?,22+,23+/m0/s1. The summed E-state index contributed by atoms with van der Waals surface area (Å²) in [6.07, 6.45) is 6.37. The van der Waals surface area contributed by atoms with Crippen molar-refractivity contribution in [2.75, 3.05) is 26.9 Å². The van der Waals surface area contributed by atoms with Crippen molar-refractivity contribution in [3.05, 3.63) is 48.6 Å². The highest BCUT2D eigenvalue weighted by Crippen LogP contribution is 2.46. The van der Waals surface area contributed by atoms with Gasteiger partial charge in [0.15, 0.2) is 0 Å². The van der Waals surface area contributed by atoms with Gasteiger partial charge >= 0.3 is 0 Å². The number of epoxide rings is 1. The fraction of sp³-hybridized carbons (Fsp3) is 0.652. The van der Waals surface area contributed by atoms with Gasteiger partial charge in [-0.05, 0) is 50.0 Å². The number of rotatable bonds is 11. The number of ether oxygens (including phenoxy) is 4. The SMILES string of the molecule is C=CC[C@H](CC[C@@H](OCc1ccccc1)[C@H](C)OC)C1CCOC[C@@]12CO2. The Bertz CT molecular complexity index is 569. The summed E-state index contributed by atoms with van der Waals surface area (Å²) in [5.41, 5.74) is 1.17. The Kier molecular flexibility index (Phi) is 7.48. The minimum Gasteiger partial charge on any atom is -0.379 e. The van der Waals surface area contributed by atoms with Gasteiger partial charge in [0.1, 0.15) is 5.60 Å². The monoisotopic (exact) mass is 374 g/mol. The van der Waals surface area contributed by atoms with Crippen LogP contribution in [0, 0.1) is 11.8 Å². The molecule has 2 saturated heterocycles. The molecule has 0 bridgehead atoms. The molecule has 0 aromatic heterocycles. The first kappa shape index (κ1) is 20.5. The van der Waals surface area contributed by atoms with Gasteiger partial charge in [0.25, 0.3) is 0 Å². The fourth-order valence-electron chi connectivity index (χ4n) is 4.34. The zero-order valence-electron chi connectivity index (χ0n) is 16.8. The van der Waals surface area contributed by atoms with Gasteiger partial charge in [-0.25, -0.2) is 0 Å². The van der Waals surface area contributed by atoms with Gasteiger partial charge in [0.05, 0.1) is 32.0 Å². The van der Waals surface area contributed by atoms with Crippen molar-refractivity contribution >= 4 is 0 Å². The molecule has 4 nitrogen and oxygen atoms in total. The number of hydrogen-bond acceptors (Lipinski definition) is 4. The summed E-state index contributed by atoms with van der Waals surface area (Å²) in [6.45, 7) is 9.13. The van der Waals surface area contributed by atoms with E-state index in [1.54, 1.807) is 7.11 Å². The number of hydrogen-bond donors (Lipinski definition) is 0. The van der Waals surface area contributed by atoms with E-state index in [2.05, 4.69) is 31.7 Å². The van der Waals surface area contributed by atoms with E-state index in [0.29, 0.717) is 18.4 Å². The number of allylic oxidation sites excluding steroid dienone is 1. The lowest BCUT2D eigenvalue weighted by Gasteiger charge is -2.36. The highest BCUT2D eigenvalue weighted by Gasteiger charge is 2.55. The van der Waals surface area contributed by atoms with Crippen molar-refractivity contribution in [3.8, 4) is 0 Å². The van der Waals surface area contributed by atoms with Gasteiger partial charge in [-0.2, -0.15) is 0 Å². The van der Waals surface area contributed by atoms with Crippen molar-refractivity contribution in [2.45, 2.75) is 57.0 Å². The lowest BCUT2D eigenvalue weighted by Crippen LogP contribution is -2.41. The number of methoxy groups -OCH3 is 1. The molecule has 27 heavy (non-hydrogen) atoms. The second-order valence-electron chi connectivity index (χ2n) is 7.94. The van der Waals surface area contributed by atoms with E-state index in [1.807, 2.05) is 18.2 Å². The number of benzene rings is 1. The smallest absolute Gasteiger partial charge is 0.118 e. The van der Waals surface area contributed by atoms with Gasteiger partial charge in [-0.1, -0.05) is 36.4 Å². The lowest BCUT2D eigenvalue weighted by atomic mass is 9.74. The Hall–Kier alpha value is -1.20. The summed E-state index contributed by atoms with van der Waals surface area (Å²) >= 11 is 0. The highest BCUT2D eigenvalue weighted by atomic mass is 16.6.